The highest BCUT2D eigenvalue weighted by Crippen LogP contribution is 2.44. The SMILES string of the molecule is CCN(CCCC(=O)O)C(=O)c1cc(NC(=O)OCC2c3ccccc3-c3ccccc32)n[nH]1. The fourth-order valence-corrected chi connectivity index (χ4v) is 4.23. The van der Waals surface area contributed by atoms with Gasteiger partial charge in [0.2, 0.25) is 0 Å². The van der Waals surface area contributed by atoms with Gasteiger partial charge in [0, 0.05) is 31.5 Å². The number of hydrogen-bond acceptors (Lipinski definition) is 5. The summed E-state index contributed by atoms with van der Waals surface area (Å²) in [5, 5.41) is 17.9. The third kappa shape index (κ3) is 4.93. The van der Waals surface area contributed by atoms with Gasteiger partial charge in [0.15, 0.2) is 5.82 Å². The summed E-state index contributed by atoms with van der Waals surface area (Å²) in [4.78, 5) is 37.3. The van der Waals surface area contributed by atoms with Crippen molar-refractivity contribution in [2.45, 2.75) is 25.7 Å². The molecule has 9 nitrogen and oxygen atoms in total. The lowest BCUT2D eigenvalue weighted by molar-refractivity contribution is -0.137. The molecule has 2 amide bonds. The number of carbonyl (C=O) groups is 3. The number of anilines is 1. The standard InChI is InChI=1S/C25H26N4O5/c1-2-29(13-7-12-23(30)31)24(32)21-14-22(28-27-21)26-25(33)34-15-20-18-10-5-3-8-16(18)17-9-4-6-11-19(17)20/h3-6,8-11,14,20H,2,7,12-13,15H2,1H3,(H,30,31)(H2,26,27,28,33). The molecule has 3 N–H and O–H groups in total. The number of H-pyrrole nitrogens is 1. The number of aromatic amines is 1. The van der Waals surface area contributed by atoms with Crippen molar-refractivity contribution in [2.24, 2.45) is 0 Å². The predicted octanol–water partition coefficient (Wildman–Crippen LogP) is 4.10. The van der Waals surface area contributed by atoms with Crippen molar-refractivity contribution in [3.8, 4) is 11.1 Å². The molecule has 0 bridgehead atoms. The molecule has 2 aromatic carbocycles. The molecule has 34 heavy (non-hydrogen) atoms. The van der Waals surface area contributed by atoms with Crippen LogP contribution < -0.4 is 5.32 Å². The van der Waals surface area contributed by atoms with Crippen molar-refractivity contribution in [1.29, 1.82) is 0 Å². The van der Waals surface area contributed by atoms with Gasteiger partial charge < -0.3 is 14.7 Å². The third-order valence-corrected chi connectivity index (χ3v) is 5.87. The highest BCUT2D eigenvalue weighted by Gasteiger charge is 2.29. The van der Waals surface area contributed by atoms with E-state index < -0.39 is 12.1 Å². The quantitative estimate of drug-likeness (QED) is 0.440. The van der Waals surface area contributed by atoms with E-state index >= 15 is 0 Å². The predicted molar refractivity (Wildman–Crippen MR) is 126 cm³/mol. The van der Waals surface area contributed by atoms with Crippen LogP contribution in [0.3, 0.4) is 0 Å². The molecule has 0 saturated heterocycles. The summed E-state index contributed by atoms with van der Waals surface area (Å²) in [7, 11) is 0. The highest BCUT2D eigenvalue weighted by molar-refractivity contribution is 5.94. The zero-order valence-corrected chi connectivity index (χ0v) is 18.8. The van der Waals surface area contributed by atoms with Gasteiger partial charge in [0.1, 0.15) is 12.3 Å². The first-order valence-electron chi connectivity index (χ1n) is 11.2. The monoisotopic (exact) mass is 462 g/mol. The van der Waals surface area contributed by atoms with Crippen LogP contribution in [0.2, 0.25) is 0 Å². The van der Waals surface area contributed by atoms with E-state index in [1.54, 1.807) is 0 Å². The van der Waals surface area contributed by atoms with Gasteiger partial charge >= 0.3 is 12.1 Å². The molecule has 3 aromatic rings. The van der Waals surface area contributed by atoms with E-state index in [-0.39, 0.29) is 36.4 Å². The van der Waals surface area contributed by atoms with Crippen LogP contribution in [-0.2, 0) is 9.53 Å². The number of fused-ring (bicyclic) bond motifs is 3. The molecule has 1 aliphatic carbocycles. The normalized spacial score (nSPS) is 12.0. The van der Waals surface area contributed by atoms with Crippen LogP contribution in [0.15, 0.2) is 54.6 Å². The molecule has 0 saturated carbocycles. The number of amides is 2. The largest absolute Gasteiger partial charge is 0.481 e. The summed E-state index contributed by atoms with van der Waals surface area (Å²) in [6, 6.07) is 17.6. The van der Waals surface area contributed by atoms with Gasteiger partial charge in [0.25, 0.3) is 5.91 Å². The second-order valence-electron chi connectivity index (χ2n) is 8.00. The van der Waals surface area contributed by atoms with E-state index in [1.807, 2.05) is 43.3 Å². The van der Waals surface area contributed by atoms with Gasteiger partial charge in [-0.25, -0.2) is 4.79 Å². The lowest BCUT2D eigenvalue weighted by Gasteiger charge is -2.19. The molecule has 0 aliphatic heterocycles. The van der Waals surface area contributed by atoms with Crippen LogP contribution in [0.5, 0.6) is 0 Å². The maximum Gasteiger partial charge on any atom is 0.412 e. The molecule has 1 aromatic heterocycles. The zero-order chi connectivity index (χ0) is 24.1. The minimum atomic E-state index is -0.903. The molecule has 176 valence electrons. The van der Waals surface area contributed by atoms with Crippen LogP contribution >= 0.6 is 0 Å². The van der Waals surface area contributed by atoms with E-state index in [9.17, 15) is 14.4 Å². The van der Waals surface area contributed by atoms with Crippen molar-refractivity contribution >= 4 is 23.8 Å². The molecule has 0 fully saturated rings. The number of aliphatic carboxylic acids is 1. The Bertz CT molecular complexity index is 1160. The lowest BCUT2D eigenvalue weighted by Crippen LogP contribution is -2.32. The minimum absolute atomic E-state index is 0.0126. The number of carboxylic acid groups (broad SMARTS) is 1. The van der Waals surface area contributed by atoms with Crippen molar-refractivity contribution in [1.82, 2.24) is 15.1 Å². The first-order chi connectivity index (χ1) is 16.5. The van der Waals surface area contributed by atoms with Gasteiger partial charge in [-0.15, -0.1) is 0 Å². The van der Waals surface area contributed by atoms with Crippen molar-refractivity contribution in [3.63, 3.8) is 0 Å². The molecule has 0 radical (unpaired) electrons. The van der Waals surface area contributed by atoms with Gasteiger partial charge in [-0.2, -0.15) is 5.10 Å². The Hall–Kier alpha value is -4.14. The number of carbonyl (C=O) groups excluding carboxylic acids is 2. The fraction of sp³-hybridized carbons (Fsp3) is 0.280. The van der Waals surface area contributed by atoms with E-state index in [4.69, 9.17) is 9.84 Å². The fourth-order valence-electron chi connectivity index (χ4n) is 4.23. The number of nitrogens with zero attached hydrogens (tertiary/aromatic N) is 2. The third-order valence-electron chi connectivity index (χ3n) is 5.87. The maximum atomic E-state index is 12.6. The Morgan fingerprint density at radius 1 is 1.09 bits per heavy atom. The number of rotatable bonds is 9. The smallest absolute Gasteiger partial charge is 0.412 e. The number of aromatic nitrogens is 2. The Morgan fingerprint density at radius 2 is 1.74 bits per heavy atom. The Balaban J connectivity index is 1.35. The molecule has 9 heteroatoms. The highest BCUT2D eigenvalue weighted by atomic mass is 16.5. The molecule has 1 aliphatic rings. The van der Waals surface area contributed by atoms with Crippen LogP contribution in [0.4, 0.5) is 10.6 Å². The minimum Gasteiger partial charge on any atom is -0.481 e. The Morgan fingerprint density at radius 3 is 2.35 bits per heavy atom. The molecule has 4 rings (SSSR count). The second-order valence-corrected chi connectivity index (χ2v) is 8.00. The molecule has 0 atom stereocenters. The average Bonchev–Trinajstić information content (AvgIpc) is 3.42. The molecule has 0 unspecified atom stereocenters. The van der Waals surface area contributed by atoms with Gasteiger partial charge in [-0.3, -0.25) is 20.0 Å². The summed E-state index contributed by atoms with van der Waals surface area (Å²) in [5.41, 5.74) is 4.72. The van der Waals surface area contributed by atoms with E-state index in [0.717, 1.165) is 22.3 Å². The Kier molecular flexibility index (Phi) is 6.91. The number of carboxylic acids is 1. The summed E-state index contributed by atoms with van der Waals surface area (Å²) in [6.07, 6.45) is -0.323. The molecule has 0 spiro atoms. The number of hydrogen-bond donors (Lipinski definition) is 3. The molecular formula is C25H26N4O5. The number of ether oxygens (including phenoxy) is 1. The zero-order valence-electron chi connectivity index (χ0n) is 18.8. The van der Waals surface area contributed by atoms with Crippen molar-refractivity contribution in [3.05, 3.63) is 71.4 Å². The first-order valence-corrected chi connectivity index (χ1v) is 11.2. The maximum absolute atomic E-state index is 12.6. The van der Waals surface area contributed by atoms with Gasteiger partial charge in [-0.1, -0.05) is 48.5 Å². The number of benzene rings is 2. The topological polar surface area (TPSA) is 125 Å². The van der Waals surface area contributed by atoms with Crippen LogP contribution in [-0.4, -0.2) is 57.9 Å². The summed E-state index contributed by atoms with van der Waals surface area (Å²) in [6.45, 7) is 2.72. The molecule has 1 heterocycles. The summed E-state index contributed by atoms with van der Waals surface area (Å²) < 4.78 is 5.50. The van der Waals surface area contributed by atoms with Gasteiger partial charge in [-0.05, 0) is 35.6 Å². The van der Waals surface area contributed by atoms with Crippen molar-refractivity contribution in [2.75, 3.05) is 25.0 Å². The van der Waals surface area contributed by atoms with Crippen LogP contribution in [0, 0.1) is 0 Å². The first kappa shape index (κ1) is 23.0. The second kappa shape index (κ2) is 10.2. The summed E-state index contributed by atoms with van der Waals surface area (Å²) >= 11 is 0. The van der Waals surface area contributed by atoms with Crippen molar-refractivity contribution < 1.29 is 24.2 Å². The number of nitrogens with one attached hydrogen (secondary N) is 2. The average molecular weight is 463 g/mol. The van der Waals surface area contributed by atoms with Crippen LogP contribution in [0.25, 0.3) is 11.1 Å². The van der Waals surface area contributed by atoms with Crippen LogP contribution in [0.1, 0.15) is 47.3 Å². The summed E-state index contributed by atoms with van der Waals surface area (Å²) in [5.74, 6) is -1.11. The van der Waals surface area contributed by atoms with E-state index in [0.29, 0.717) is 19.5 Å². The van der Waals surface area contributed by atoms with E-state index in [1.165, 1.54) is 11.0 Å². The van der Waals surface area contributed by atoms with Gasteiger partial charge in [0.05, 0.1) is 0 Å². The Labute approximate surface area is 196 Å². The van der Waals surface area contributed by atoms with E-state index in [2.05, 4.69) is 27.6 Å². The molecular weight excluding hydrogens is 436 g/mol. The lowest BCUT2D eigenvalue weighted by atomic mass is 9.98.